The smallest absolute Gasteiger partial charge is 0.238 e. The molecule has 2 aliphatic rings. The van der Waals surface area contributed by atoms with Crippen LogP contribution in [0, 0.1) is 0 Å². The maximum Gasteiger partial charge on any atom is 0.238 e. The Bertz CT molecular complexity index is 778. The molecule has 2 heterocycles. The van der Waals surface area contributed by atoms with E-state index in [4.69, 9.17) is 9.47 Å². The van der Waals surface area contributed by atoms with Crippen molar-refractivity contribution in [2.24, 2.45) is 0 Å². The number of carbonyl (C=O) groups is 1. The molecule has 0 aliphatic carbocycles. The van der Waals surface area contributed by atoms with Gasteiger partial charge >= 0.3 is 0 Å². The first-order valence-corrected chi connectivity index (χ1v) is 8.71. The lowest BCUT2D eigenvalue weighted by molar-refractivity contribution is -0.157. The summed E-state index contributed by atoms with van der Waals surface area (Å²) < 4.78 is 11.8. The summed E-state index contributed by atoms with van der Waals surface area (Å²) in [4.78, 5) is 12.7. The topological polar surface area (TPSA) is 42.0 Å². The van der Waals surface area contributed by atoms with Crippen LogP contribution in [0.5, 0.6) is 11.5 Å². The molecule has 2 atom stereocenters. The third kappa shape index (κ3) is 2.65. The van der Waals surface area contributed by atoms with Crippen molar-refractivity contribution >= 4 is 5.91 Å². The van der Waals surface area contributed by atoms with Gasteiger partial charge in [0.2, 0.25) is 5.91 Å². The van der Waals surface area contributed by atoms with E-state index in [0.717, 1.165) is 29.0 Å². The fourth-order valence-electron chi connectivity index (χ4n) is 3.74. The van der Waals surface area contributed by atoms with Crippen LogP contribution < -0.4 is 9.47 Å². The third-order valence-corrected chi connectivity index (χ3v) is 4.94. The predicted octanol–water partition coefficient (Wildman–Crippen LogP) is 3.69. The fraction of sp³-hybridized carbons (Fsp3) is 0.350. The molecule has 5 heteroatoms. The van der Waals surface area contributed by atoms with Crippen molar-refractivity contribution in [3.8, 4) is 11.5 Å². The molecule has 0 radical (unpaired) electrons. The second-order valence-corrected chi connectivity index (χ2v) is 6.36. The van der Waals surface area contributed by atoms with Crippen LogP contribution in [0.4, 0.5) is 0 Å². The van der Waals surface area contributed by atoms with Gasteiger partial charge in [0.25, 0.3) is 0 Å². The van der Waals surface area contributed by atoms with E-state index < -0.39 is 0 Å². The Morgan fingerprint density at radius 2 is 2.00 bits per heavy atom. The number of hydrogen-bond acceptors (Lipinski definition) is 4. The molecule has 4 rings (SSSR count). The van der Waals surface area contributed by atoms with Crippen LogP contribution in [0.25, 0.3) is 0 Å². The van der Waals surface area contributed by atoms with Gasteiger partial charge in [-0.3, -0.25) is 9.80 Å². The standard InChI is InChI=1S/C20H22N2O3/c1-3-17-16-13-15(24-2)9-10-18(16)25-20(14-7-5-4-6-8-14)21-12-11-19(23)22(17)21/h4-10,13,17,20H,3,11-12H2,1-2H3/t17-,20-/m0/s1. The highest BCUT2D eigenvalue weighted by molar-refractivity contribution is 5.78. The molecule has 2 aromatic carbocycles. The quantitative estimate of drug-likeness (QED) is 0.856. The zero-order chi connectivity index (χ0) is 17.4. The van der Waals surface area contributed by atoms with Gasteiger partial charge in [-0.1, -0.05) is 37.3 Å². The van der Waals surface area contributed by atoms with E-state index in [2.05, 4.69) is 11.9 Å². The second-order valence-electron chi connectivity index (χ2n) is 6.36. The van der Waals surface area contributed by atoms with Gasteiger partial charge in [0.05, 0.1) is 13.2 Å². The predicted molar refractivity (Wildman–Crippen MR) is 94.0 cm³/mol. The van der Waals surface area contributed by atoms with E-state index in [9.17, 15) is 4.79 Å². The Morgan fingerprint density at radius 3 is 2.72 bits per heavy atom. The number of hydrogen-bond donors (Lipinski definition) is 0. The molecule has 2 aliphatic heterocycles. The van der Waals surface area contributed by atoms with Crippen molar-refractivity contribution in [3.05, 3.63) is 59.7 Å². The summed E-state index contributed by atoms with van der Waals surface area (Å²) >= 11 is 0. The highest BCUT2D eigenvalue weighted by atomic mass is 16.5. The van der Waals surface area contributed by atoms with Crippen LogP contribution in [0.1, 0.15) is 43.2 Å². The summed E-state index contributed by atoms with van der Waals surface area (Å²) in [6.45, 7) is 2.76. The van der Waals surface area contributed by atoms with Gasteiger partial charge in [-0.15, -0.1) is 0 Å². The van der Waals surface area contributed by atoms with Gasteiger partial charge in [0.15, 0.2) is 6.23 Å². The number of carbonyl (C=O) groups excluding carboxylic acids is 1. The average molecular weight is 338 g/mol. The molecular formula is C20H22N2O3. The molecule has 5 nitrogen and oxygen atoms in total. The SMILES string of the molecule is CC[C@H]1c2cc(OC)ccc2O[C@@H](c2ccccc2)N2CCC(=O)N12. The molecule has 1 fully saturated rings. The minimum Gasteiger partial charge on any atom is -0.497 e. The summed E-state index contributed by atoms with van der Waals surface area (Å²) in [5.41, 5.74) is 2.04. The molecule has 0 spiro atoms. The van der Waals surface area contributed by atoms with Crippen LogP contribution in [0.15, 0.2) is 48.5 Å². The number of rotatable bonds is 3. The molecule has 25 heavy (non-hydrogen) atoms. The summed E-state index contributed by atoms with van der Waals surface area (Å²) in [5.74, 6) is 1.73. The fourth-order valence-corrected chi connectivity index (χ4v) is 3.74. The molecule has 1 saturated heterocycles. The number of benzene rings is 2. The van der Waals surface area contributed by atoms with E-state index in [1.165, 1.54) is 0 Å². The Balaban J connectivity index is 1.86. The van der Waals surface area contributed by atoms with Crippen LogP contribution in [0.2, 0.25) is 0 Å². The number of fused-ring (bicyclic) bond motifs is 2. The van der Waals surface area contributed by atoms with Gasteiger partial charge < -0.3 is 9.47 Å². The summed E-state index contributed by atoms with van der Waals surface area (Å²) in [6, 6.07) is 15.9. The number of hydrazine groups is 1. The first-order chi connectivity index (χ1) is 12.2. The van der Waals surface area contributed by atoms with Crippen LogP contribution >= 0.6 is 0 Å². The first kappa shape index (κ1) is 16.0. The van der Waals surface area contributed by atoms with Gasteiger partial charge in [0.1, 0.15) is 11.5 Å². The lowest BCUT2D eigenvalue weighted by atomic mass is 10.0. The highest BCUT2D eigenvalue weighted by Crippen LogP contribution is 2.44. The summed E-state index contributed by atoms with van der Waals surface area (Å²) in [7, 11) is 1.65. The van der Waals surface area contributed by atoms with E-state index >= 15 is 0 Å². The molecule has 0 bridgehead atoms. The van der Waals surface area contributed by atoms with Crippen molar-refractivity contribution in [1.82, 2.24) is 10.0 Å². The molecule has 130 valence electrons. The molecule has 0 N–H and O–H groups in total. The third-order valence-electron chi connectivity index (χ3n) is 4.94. The maximum absolute atomic E-state index is 12.7. The van der Waals surface area contributed by atoms with Crippen LogP contribution in [-0.2, 0) is 4.79 Å². The Labute approximate surface area is 147 Å². The largest absolute Gasteiger partial charge is 0.497 e. The van der Waals surface area contributed by atoms with Gasteiger partial charge in [-0.05, 0) is 24.6 Å². The van der Waals surface area contributed by atoms with Gasteiger partial charge in [0, 0.05) is 24.1 Å². The van der Waals surface area contributed by atoms with Crippen LogP contribution in [0.3, 0.4) is 0 Å². The Kier molecular flexibility index (Phi) is 4.09. The molecule has 0 unspecified atom stereocenters. The highest BCUT2D eigenvalue weighted by Gasteiger charge is 2.43. The molecule has 2 aromatic rings. The van der Waals surface area contributed by atoms with Crippen molar-refractivity contribution in [3.63, 3.8) is 0 Å². The summed E-state index contributed by atoms with van der Waals surface area (Å²) in [5, 5.41) is 3.96. The molecule has 0 saturated carbocycles. The minimum absolute atomic E-state index is 0.0474. The lowest BCUT2D eigenvalue weighted by Gasteiger charge is -2.35. The monoisotopic (exact) mass is 338 g/mol. The van der Waals surface area contributed by atoms with E-state index in [1.807, 2.05) is 53.5 Å². The number of ether oxygens (including phenoxy) is 2. The van der Waals surface area contributed by atoms with E-state index in [0.29, 0.717) is 13.0 Å². The van der Waals surface area contributed by atoms with E-state index in [1.54, 1.807) is 7.11 Å². The molecular weight excluding hydrogens is 316 g/mol. The van der Waals surface area contributed by atoms with Crippen LogP contribution in [-0.4, -0.2) is 29.6 Å². The van der Waals surface area contributed by atoms with Crippen molar-refractivity contribution in [1.29, 1.82) is 0 Å². The number of amides is 1. The Hall–Kier alpha value is -2.53. The first-order valence-electron chi connectivity index (χ1n) is 8.71. The molecule has 1 amide bonds. The lowest BCUT2D eigenvalue weighted by Crippen LogP contribution is -2.43. The van der Waals surface area contributed by atoms with Gasteiger partial charge in [-0.25, -0.2) is 0 Å². The number of nitrogens with zero attached hydrogens (tertiary/aromatic N) is 2. The van der Waals surface area contributed by atoms with Crippen molar-refractivity contribution in [2.45, 2.75) is 32.0 Å². The van der Waals surface area contributed by atoms with Gasteiger partial charge in [-0.2, -0.15) is 5.01 Å². The number of methoxy groups -OCH3 is 1. The second kappa shape index (κ2) is 6.41. The minimum atomic E-state index is -0.309. The van der Waals surface area contributed by atoms with E-state index in [-0.39, 0.29) is 18.2 Å². The normalized spacial score (nSPS) is 22.8. The molecule has 0 aromatic heterocycles. The zero-order valence-electron chi connectivity index (χ0n) is 14.5. The van der Waals surface area contributed by atoms with Crippen molar-refractivity contribution in [2.75, 3.05) is 13.7 Å². The summed E-state index contributed by atoms with van der Waals surface area (Å²) in [6.07, 6.45) is 1.02. The maximum atomic E-state index is 12.7. The Morgan fingerprint density at radius 1 is 1.20 bits per heavy atom. The van der Waals surface area contributed by atoms with Crippen molar-refractivity contribution < 1.29 is 14.3 Å². The zero-order valence-corrected chi connectivity index (χ0v) is 14.5. The average Bonchev–Trinajstić information content (AvgIpc) is 2.96.